The summed E-state index contributed by atoms with van der Waals surface area (Å²) < 4.78 is 32.1. The molecule has 5 nitrogen and oxygen atoms in total. The van der Waals surface area contributed by atoms with Crippen LogP contribution in [0.15, 0.2) is 33.6 Å². The quantitative estimate of drug-likeness (QED) is 0.842. The van der Waals surface area contributed by atoms with E-state index in [0.717, 1.165) is 4.09 Å². The lowest BCUT2D eigenvalue weighted by Gasteiger charge is -2.08. The first kappa shape index (κ1) is 15.1. The molecule has 0 aliphatic carbocycles. The van der Waals surface area contributed by atoms with Crippen molar-refractivity contribution in [1.29, 1.82) is 0 Å². The zero-order valence-electron chi connectivity index (χ0n) is 11.4. The number of hydrogen-bond acceptors (Lipinski definition) is 4. The molecule has 0 unspecified atom stereocenters. The second-order valence-corrected chi connectivity index (χ2v) is 6.80. The van der Waals surface area contributed by atoms with E-state index in [1.165, 1.54) is 12.1 Å². The van der Waals surface area contributed by atoms with Crippen LogP contribution in [0.25, 0.3) is 0 Å². The zero-order valence-corrected chi connectivity index (χ0v) is 13.8. The SMILES string of the molecule is CCOc1ccc(S(=O)(=O)n2nc(C)c(Br)c2C)cc1. The highest BCUT2D eigenvalue weighted by atomic mass is 79.9. The monoisotopic (exact) mass is 358 g/mol. The van der Waals surface area contributed by atoms with Gasteiger partial charge in [-0.3, -0.25) is 0 Å². The third kappa shape index (κ3) is 2.60. The van der Waals surface area contributed by atoms with Gasteiger partial charge in [0.2, 0.25) is 0 Å². The molecule has 0 saturated carbocycles. The maximum Gasteiger partial charge on any atom is 0.283 e. The topological polar surface area (TPSA) is 61.2 Å². The fraction of sp³-hybridized carbons (Fsp3) is 0.308. The molecule has 0 aliphatic heterocycles. The number of benzene rings is 1. The van der Waals surface area contributed by atoms with E-state index in [-0.39, 0.29) is 4.90 Å². The summed E-state index contributed by atoms with van der Waals surface area (Å²) in [6.07, 6.45) is 0. The summed E-state index contributed by atoms with van der Waals surface area (Å²) >= 11 is 3.33. The number of ether oxygens (including phenoxy) is 1. The third-order valence-corrected chi connectivity index (χ3v) is 5.65. The van der Waals surface area contributed by atoms with Crippen LogP contribution in [0.1, 0.15) is 18.3 Å². The van der Waals surface area contributed by atoms with Crippen molar-refractivity contribution in [3.63, 3.8) is 0 Å². The summed E-state index contributed by atoms with van der Waals surface area (Å²) in [4.78, 5) is 0.180. The highest BCUT2D eigenvalue weighted by Crippen LogP contribution is 2.25. The average Bonchev–Trinajstić information content (AvgIpc) is 2.68. The molecule has 0 bridgehead atoms. The van der Waals surface area contributed by atoms with Crippen molar-refractivity contribution >= 4 is 26.0 Å². The molecule has 0 atom stereocenters. The van der Waals surface area contributed by atoms with Gasteiger partial charge in [0.1, 0.15) is 5.75 Å². The standard InChI is InChI=1S/C13H15BrN2O3S/c1-4-19-11-5-7-12(8-6-11)20(17,18)16-10(3)13(14)9(2)15-16/h5-8H,4H2,1-3H3. The van der Waals surface area contributed by atoms with Crippen molar-refractivity contribution in [2.24, 2.45) is 0 Å². The van der Waals surface area contributed by atoms with Gasteiger partial charge in [0.05, 0.1) is 27.4 Å². The summed E-state index contributed by atoms with van der Waals surface area (Å²) in [5.41, 5.74) is 1.19. The van der Waals surface area contributed by atoms with Gasteiger partial charge in [0.15, 0.2) is 0 Å². The van der Waals surface area contributed by atoms with E-state index in [9.17, 15) is 8.42 Å². The molecule has 108 valence electrons. The number of aryl methyl sites for hydroxylation is 1. The van der Waals surface area contributed by atoms with Gasteiger partial charge in [0.25, 0.3) is 10.0 Å². The van der Waals surface area contributed by atoms with Gasteiger partial charge in [-0.1, -0.05) is 0 Å². The Kier molecular flexibility index (Phi) is 4.19. The van der Waals surface area contributed by atoms with Gasteiger partial charge in [0, 0.05) is 0 Å². The fourth-order valence-electron chi connectivity index (χ4n) is 1.81. The molecule has 7 heteroatoms. The van der Waals surface area contributed by atoms with Crippen LogP contribution >= 0.6 is 15.9 Å². The van der Waals surface area contributed by atoms with E-state index in [4.69, 9.17) is 4.74 Å². The van der Waals surface area contributed by atoms with Crippen LogP contribution in [0, 0.1) is 13.8 Å². The van der Waals surface area contributed by atoms with Gasteiger partial charge in [-0.15, -0.1) is 0 Å². The molecule has 2 aromatic rings. The molecule has 2 rings (SSSR count). The second kappa shape index (κ2) is 5.57. The van der Waals surface area contributed by atoms with Crippen molar-refractivity contribution in [3.05, 3.63) is 40.1 Å². The lowest BCUT2D eigenvalue weighted by atomic mass is 10.3. The summed E-state index contributed by atoms with van der Waals surface area (Å²) in [5.74, 6) is 0.640. The normalized spacial score (nSPS) is 11.6. The number of hydrogen-bond donors (Lipinski definition) is 0. The van der Waals surface area contributed by atoms with Crippen molar-refractivity contribution in [2.75, 3.05) is 6.61 Å². The minimum absolute atomic E-state index is 0.180. The Balaban J connectivity index is 2.46. The second-order valence-electron chi connectivity index (χ2n) is 4.24. The smallest absolute Gasteiger partial charge is 0.283 e. The molecule has 0 fully saturated rings. The summed E-state index contributed by atoms with van der Waals surface area (Å²) in [6, 6.07) is 6.31. The van der Waals surface area contributed by atoms with Gasteiger partial charge >= 0.3 is 0 Å². The average molecular weight is 359 g/mol. The first-order valence-corrected chi connectivity index (χ1v) is 8.31. The fourth-order valence-corrected chi connectivity index (χ4v) is 3.54. The van der Waals surface area contributed by atoms with Gasteiger partial charge < -0.3 is 4.74 Å². The Hall–Kier alpha value is -1.34. The van der Waals surface area contributed by atoms with Crippen LogP contribution in [0.3, 0.4) is 0 Å². The first-order valence-electron chi connectivity index (χ1n) is 6.08. The molecule has 0 saturated heterocycles. The van der Waals surface area contributed by atoms with Crippen LogP contribution in [0.2, 0.25) is 0 Å². The number of rotatable bonds is 4. The highest BCUT2D eigenvalue weighted by molar-refractivity contribution is 9.10. The molecule has 1 heterocycles. The summed E-state index contributed by atoms with van der Waals surface area (Å²) in [6.45, 7) is 5.87. The maximum absolute atomic E-state index is 12.5. The lowest BCUT2D eigenvalue weighted by molar-refractivity contribution is 0.340. The summed E-state index contributed by atoms with van der Waals surface area (Å²) in [7, 11) is -3.68. The minimum Gasteiger partial charge on any atom is -0.494 e. The van der Waals surface area contributed by atoms with E-state index in [2.05, 4.69) is 21.0 Å². The van der Waals surface area contributed by atoms with Crippen LogP contribution in [0.5, 0.6) is 5.75 Å². The molecule has 0 radical (unpaired) electrons. The Morgan fingerprint density at radius 3 is 2.30 bits per heavy atom. The largest absolute Gasteiger partial charge is 0.494 e. The van der Waals surface area contributed by atoms with Crippen LogP contribution in [0.4, 0.5) is 0 Å². The Labute approximate surface area is 126 Å². The molecule has 20 heavy (non-hydrogen) atoms. The number of halogens is 1. The van der Waals surface area contributed by atoms with E-state index < -0.39 is 10.0 Å². The Bertz CT molecular complexity index is 721. The van der Waals surface area contributed by atoms with E-state index >= 15 is 0 Å². The lowest BCUT2D eigenvalue weighted by Crippen LogP contribution is -2.16. The van der Waals surface area contributed by atoms with Crippen molar-refractivity contribution in [3.8, 4) is 5.75 Å². The Morgan fingerprint density at radius 2 is 1.85 bits per heavy atom. The highest BCUT2D eigenvalue weighted by Gasteiger charge is 2.22. The van der Waals surface area contributed by atoms with Crippen molar-refractivity contribution in [2.45, 2.75) is 25.7 Å². The maximum atomic E-state index is 12.5. The predicted molar refractivity (Wildman–Crippen MR) is 79.6 cm³/mol. The van der Waals surface area contributed by atoms with Crippen molar-refractivity contribution in [1.82, 2.24) is 9.19 Å². The van der Waals surface area contributed by atoms with Gasteiger partial charge in [-0.25, -0.2) is 0 Å². The first-order chi connectivity index (χ1) is 9.37. The van der Waals surface area contributed by atoms with E-state index in [0.29, 0.717) is 28.2 Å². The van der Waals surface area contributed by atoms with Crippen LogP contribution in [-0.2, 0) is 10.0 Å². The molecule has 1 aromatic carbocycles. The van der Waals surface area contributed by atoms with E-state index in [1.54, 1.807) is 26.0 Å². The Morgan fingerprint density at radius 1 is 1.25 bits per heavy atom. The molecule has 0 amide bonds. The van der Waals surface area contributed by atoms with E-state index in [1.807, 2.05) is 6.92 Å². The minimum atomic E-state index is -3.68. The number of nitrogens with zero attached hydrogens (tertiary/aromatic N) is 2. The molecule has 0 N–H and O–H groups in total. The molecule has 1 aromatic heterocycles. The third-order valence-electron chi connectivity index (χ3n) is 2.82. The molecular weight excluding hydrogens is 344 g/mol. The zero-order chi connectivity index (χ0) is 14.9. The van der Waals surface area contributed by atoms with Crippen LogP contribution in [-0.4, -0.2) is 24.2 Å². The van der Waals surface area contributed by atoms with Gasteiger partial charge in [-0.05, 0) is 61.0 Å². The summed E-state index contributed by atoms with van der Waals surface area (Å²) in [5, 5.41) is 4.07. The van der Waals surface area contributed by atoms with Crippen LogP contribution < -0.4 is 4.74 Å². The van der Waals surface area contributed by atoms with Crippen molar-refractivity contribution < 1.29 is 13.2 Å². The molecular formula is C13H15BrN2O3S. The van der Waals surface area contributed by atoms with Gasteiger partial charge in [-0.2, -0.15) is 17.6 Å². The molecule has 0 spiro atoms. The molecule has 0 aliphatic rings. The predicted octanol–water partition coefficient (Wildman–Crippen LogP) is 2.90. The number of aromatic nitrogens is 2.